The quantitative estimate of drug-likeness (QED) is 0.790. The lowest BCUT2D eigenvalue weighted by molar-refractivity contribution is -0.137. The standard InChI is InChI=1S/C14H8F3N3O2/c15-14(16,17)10-5-11(20-12(6-10)18-7-19-20)8-2-1-3-9(4-8)13(21)22/h1-7H,(H,21,22). The van der Waals surface area contributed by atoms with E-state index in [2.05, 4.69) is 10.1 Å². The van der Waals surface area contributed by atoms with Gasteiger partial charge in [-0.1, -0.05) is 12.1 Å². The van der Waals surface area contributed by atoms with Gasteiger partial charge >= 0.3 is 12.1 Å². The van der Waals surface area contributed by atoms with Crippen molar-refractivity contribution in [2.45, 2.75) is 6.18 Å². The van der Waals surface area contributed by atoms with Crippen LogP contribution in [-0.4, -0.2) is 25.7 Å². The second kappa shape index (κ2) is 4.83. The molecular weight excluding hydrogens is 299 g/mol. The van der Waals surface area contributed by atoms with E-state index < -0.39 is 17.7 Å². The van der Waals surface area contributed by atoms with Crippen LogP contribution < -0.4 is 0 Å². The molecule has 3 rings (SSSR count). The summed E-state index contributed by atoms with van der Waals surface area (Å²) in [6.07, 6.45) is -3.40. The van der Waals surface area contributed by atoms with Gasteiger partial charge in [0, 0.05) is 5.56 Å². The first kappa shape index (κ1) is 14.1. The minimum Gasteiger partial charge on any atom is -0.478 e. The molecule has 0 radical (unpaired) electrons. The number of benzene rings is 1. The fourth-order valence-electron chi connectivity index (χ4n) is 2.10. The van der Waals surface area contributed by atoms with Gasteiger partial charge in [-0.15, -0.1) is 0 Å². The normalized spacial score (nSPS) is 11.8. The highest BCUT2D eigenvalue weighted by atomic mass is 19.4. The Kier molecular flexibility index (Phi) is 3.09. The van der Waals surface area contributed by atoms with Gasteiger partial charge in [0.15, 0.2) is 5.65 Å². The van der Waals surface area contributed by atoms with E-state index in [1.807, 2.05) is 0 Å². The minimum absolute atomic E-state index is 0.0248. The van der Waals surface area contributed by atoms with Crippen molar-refractivity contribution in [1.29, 1.82) is 0 Å². The third kappa shape index (κ3) is 2.39. The summed E-state index contributed by atoms with van der Waals surface area (Å²) in [4.78, 5) is 14.8. The van der Waals surface area contributed by atoms with Crippen LogP contribution in [-0.2, 0) is 6.18 Å². The molecule has 5 nitrogen and oxygen atoms in total. The van der Waals surface area contributed by atoms with E-state index in [1.165, 1.54) is 28.8 Å². The maximum absolute atomic E-state index is 13.0. The topological polar surface area (TPSA) is 67.5 Å². The smallest absolute Gasteiger partial charge is 0.416 e. The molecule has 0 fully saturated rings. The summed E-state index contributed by atoms with van der Waals surface area (Å²) in [6.45, 7) is 0. The molecule has 0 saturated heterocycles. The van der Waals surface area contributed by atoms with Crippen molar-refractivity contribution in [2.24, 2.45) is 0 Å². The number of carbonyl (C=O) groups is 1. The Bertz CT molecular complexity index is 871. The molecule has 0 spiro atoms. The van der Waals surface area contributed by atoms with Crippen molar-refractivity contribution in [3.05, 3.63) is 53.9 Å². The van der Waals surface area contributed by atoms with Gasteiger partial charge in [0.25, 0.3) is 0 Å². The molecule has 2 heterocycles. The number of hydrogen-bond donors (Lipinski definition) is 1. The Morgan fingerprint density at radius 3 is 2.64 bits per heavy atom. The molecular formula is C14H8F3N3O2. The Balaban J connectivity index is 2.27. The predicted octanol–water partition coefficient (Wildman–Crippen LogP) is 3.11. The summed E-state index contributed by atoms with van der Waals surface area (Å²) in [5.41, 5.74) is -0.440. The summed E-state index contributed by atoms with van der Waals surface area (Å²) in [5, 5.41) is 12.9. The van der Waals surface area contributed by atoms with Crippen LogP contribution >= 0.6 is 0 Å². The zero-order valence-electron chi connectivity index (χ0n) is 10.9. The van der Waals surface area contributed by atoms with E-state index in [1.54, 1.807) is 0 Å². The Hall–Kier alpha value is -2.90. The summed E-state index contributed by atoms with van der Waals surface area (Å²) >= 11 is 0. The highest BCUT2D eigenvalue weighted by molar-refractivity contribution is 5.89. The number of carboxylic acid groups (broad SMARTS) is 1. The van der Waals surface area contributed by atoms with Crippen molar-refractivity contribution in [2.75, 3.05) is 0 Å². The van der Waals surface area contributed by atoms with Gasteiger partial charge < -0.3 is 5.11 Å². The number of rotatable bonds is 2. The monoisotopic (exact) mass is 307 g/mol. The summed E-state index contributed by atoms with van der Waals surface area (Å²) in [5.74, 6) is -1.16. The minimum atomic E-state index is -4.53. The SMILES string of the molecule is O=C(O)c1cccc(-c2cc(C(F)(F)F)cc3ncnn23)c1. The van der Waals surface area contributed by atoms with Gasteiger partial charge in [-0.05, 0) is 24.3 Å². The molecule has 8 heteroatoms. The molecule has 0 bridgehead atoms. The van der Waals surface area contributed by atoms with Crippen molar-refractivity contribution in [3.8, 4) is 11.3 Å². The highest BCUT2D eigenvalue weighted by Crippen LogP contribution is 2.33. The number of fused-ring (bicyclic) bond motifs is 1. The molecule has 0 aliphatic rings. The molecule has 0 aliphatic heterocycles. The lowest BCUT2D eigenvalue weighted by Crippen LogP contribution is -2.07. The van der Waals surface area contributed by atoms with E-state index in [0.717, 1.165) is 18.5 Å². The van der Waals surface area contributed by atoms with E-state index in [4.69, 9.17) is 5.11 Å². The van der Waals surface area contributed by atoms with E-state index in [-0.39, 0.29) is 16.9 Å². The van der Waals surface area contributed by atoms with Gasteiger partial charge in [0.2, 0.25) is 0 Å². The molecule has 3 aromatic rings. The maximum Gasteiger partial charge on any atom is 0.416 e. The fourth-order valence-corrected chi connectivity index (χ4v) is 2.10. The predicted molar refractivity (Wildman–Crippen MR) is 70.4 cm³/mol. The van der Waals surface area contributed by atoms with Crippen molar-refractivity contribution >= 4 is 11.6 Å². The number of pyridine rings is 1. The van der Waals surface area contributed by atoms with E-state index >= 15 is 0 Å². The molecule has 1 N–H and O–H groups in total. The van der Waals surface area contributed by atoms with E-state index in [0.29, 0.717) is 5.56 Å². The summed E-state index contributed by atoms with van der Waals surface area (Å²) in [7, 11) is 0. The number of carboxylic acids is 1. The molecule has 1 aromatic carbocycles. The van der Waals surface area contributed by atoms with Crippen LogP contribution in [0.25, 0.3) is 16.9 Å². The van der Waals surface area contributed by atoms with Crippen molar-refractivity contribution < 1.29 is 23.1 Å². The van der Waals surface area contributed by atoms with Gasteiger partial charge in [0.1, 0.15) is 6.33 Å². The molecule has 0 saturated carbocycles. The van der Waals surface area contributed by atoms with Crippen LogP contribution in [0.4, 0.5) is 13.2 Å². The fraction of sp³-hybridized carbons (Fsp3) is 0.0714. The molecule has 22 heavy (non-hydrogen) atoms. The average Bonchev–Trinajstić information content (AvgIpc) is 2.93. The number of hydrogen-bond acceptors (Lipinski definition) is 3. The number of halogens is 3. The van der Waals surface area contributed by atoms with E-state index in [9.17, 15) is 18.0 Å². The zero-order valence-corrected chi connectivity index (χ0v) is 10.9. The van der Waals surface area contributed by atoms with Crippen LogP contribution in [0.1, 0.15) is 15.9 Å². The van der Waals surface area contributed by atoms with Gasteiger partial charge in [0.05, 0.1) is 16.8 Å². The molecule has 112 valence electrons. The molecule has 0 unspecified atom stereocenters. The van der Waals surface area contributed by atoms with Crippen LogP contribution in [0, 0.1) is 0 Å². The highest BCUT2D eigenvalue weighted by Gasteiger charge is 2.32. The van der Waals surface area contributed by atoms with Gasteiger partial charge in [-0.25, -0.2) is 14.3 Å². The van der Waals surface area contributed by atoms with Crippen molar-refractivity contribution in [3.63, 3.8) is 0 Å². The third-order valence-corrected chi connectivity index (χ3v) is 3.11. The first-order chi connectivity index (χ1) is 10.4. The van der Waals surface area contributed by atoms with Crippen LogP contribution in [0.3, 0.4) is 0 Å². The Morgan fingerprint density at radius 2 is 1.95 bits per heavy atom. The first-order valence-corrected chi connectivity index (χ1v) is 6.11. The molecule has 0 atom stereocenters. The molecule has 0 aliphatic carbocycles. The van der Waals surface area contributed by atoms with Gasteiger partial charge in [-0.3, -0.25) is 0 Å². The van der Waals surface area contributed by atoms with Crippen LogP contribution in [0.2, 0.25) is 0 Å². The Morgan fingerprint density at radius 1 is 1.18 bits per heavy atom. The van der Waals surface area contributed by atoms with Crippen LogP contribution in [0.15, 0.2) is 42.7 Å². The number of alkyl halides is 3. The summed E-state index contributed by atoms with van der Waals surface area (Å²) < 4.78 is 40.2. The second-order valence-corrected chi connectivity index (χ2v) is 4.54. The first-order valence-electron chi connectivity index (χ1n) is 6.11. The Labute approximate surface area is 121 Å². The van der Waals surface area contributed by atoms with Crippen molar-refractivity contribution in [1.82, 2.24) is 14.6 Å². The number of aromatic carboxylic acids is 1. The van der Waals surface area contributed by atoms with Crippen LogP contribution in [0.5, 0.6) is 0 Å². The lowest BCUT2D eigenvalue weighted by Gasteiger charge is -2.11. The number of nitrogens with zero attached hydrogens (tertiary/aromatic N) is 3. The zero-order chi connectivity index (χ0) is 15.9. The lowest BCUT2D eigenvalue weighted by atomic mass is 10.1. The number of aromatic nitrogens is 3. The largest absolute Gasteiger partial charge is 0.478 e. The summed E-state index contributed by atoms with van der Waals surface area (Å²) in [6, 6.07) is 7.43. The van der Waals surface area contributed by atoms with Gasteiger partial charge in [-0.2, -0.15) is 18.3 Å². The average molecular weight is 307 g/mol. The third-order valence-electron chi connectivity index (χ3n) is 3.11. The molecule has 2 aromatic heterocycles. The maximum atomic E-state index is 13.0. The second-order valence-electron chi connectivity index (χ2n) is 4.54. The molecule has 0 amide bonds.